The van der Waals surface area contributed by atoms with Crippen LogP contribution in [0, 0.1) is 0 Å². The Morgan fingerprint density at radius 2 is 1.03 bits per heavy atom. The largest absolute Gasteiger partial charge is 0.478 e. The molecule has 30 heavy (non-hydrogen) atoms. The molecular weight excluding hydrogens is 384 g/mol. The Bertz CT molecular complexity index is 1030. The molecule has 4 unspecified atom stereocenters. The predicted molar refractivity (Wildman–Crippen MR) is 111 cm³/mol. The molecule has 0 saturated carbocycles. The fourth-order valence-electron chi connectivity index (χ4n) is 4.96. The van der Waals surface area contributed by atoms with Crippen molar-refractivity contribution in [3.8, 4) is 0 Å². The van der Waals surface area contributed by atoms with Gasteiger partial charge in [0, 0.05) is 11.8 Å². The molecule has 0 heterocycles. The maximum Gasteiger partial charge on any atom is 0.334 e. The fraction of sp³-hybridized carbons (Fsp3) is 0.250. The first-order valence-corrected chi connectivity index (χ1v) is 9.60. The molecule has 2 aromatic carbocycles. The van der Waals surface area contributed by atoms with Gasteiger partial charge < -0.3 is 20.4 Å². The first kappa shape index (κ1) is 20.1. The van der Waals surface area contributed by atoms with Crippen LogP contribution in [0.3, 0.4) is 0 Å². The topological polar surface area (TPSA) is 115 Å². The number of hydrogen-bond donors (Lipinski definition) is 4. The van der Waals surface area contributed by atoms with Gasteiger partial charge in [-0.15, -0.1) is 0 Å². The standard InChI is InChI=1S/C24H22O6/c1-23(29)17(21(25)26)11-13-7-3-5-9-15(13)19(23)20-16-10-6-4-8-14(16)12-18(22(27)28)24(20,2)30/h3-12,19-20,29-30H,1-2H3,(H,25,26)(H,27,28). The van der Waals surface area contributed by atoms with Gasteiger partial charge in [-0.25, -0.2) is 9.59 Å². The zero-order valence-electron chi connectivity index (χ0n) is 16.5. The highest BCUT2D eigenvalue weighted by atomic mass is 16.4. The second-order valence-electron chi connectivity index (χ2n) is 8.23. The van der Waals surface area contributed by atoms with E-state index in [0.29, 0.717) is 22.3 Å². The van der Waals surface area contributed by atoms with Gasteiger partial charge in [-0.3, -0.25) is 0 Å². The Hall–Kier alpha value is -3.22. The number of carboxylic acid groups (broad SMARTS) is 2. The number of carboxylic acids is 2. The minimum atomic E-state index is -1.86. The van der Waals surface area contributed by atoms with Gasteiger partial charge in [-0.1, -0.05) is 48.5 Å². The van der Waals surface area contributed by atoms with E-state index in [-0.39, 0.29) is 11.1 Å². The van der Waals surface area contributed by atoms with Gasteiger partial charge in [0.05, 0.1) is 11.1 Å². The Balaban J connectivity index is 2.04. The average Bonchev–Trinajstić information content (AvgIpc) is 2.67. The normalized spacial score (nSPS) is 29.9. The van der Waals surface area contributed by atoms with Crippen LogP contribution in [0.4, 0.5) is 0 Å². The summed E-state index contributed by atoms with van der Waals surface area (Å²) in [5.74, 6) is -4.33. The molecule has 154 valence electrons. The lowest BCUT2D eigenvalue weighted by Crippen LogP contribution is -2.51. The van der Waals surface area contributed by atoms with Gasteiger partial charge in [0.15, 0.2) is 0 Å². The summed E-state index contributed by atoms with van der Waals surface area (Å²) in [6, 6.07) is 14.1. The van der Waals surface area contributed by atoms with Crippen LogP contribution in [-0.2, 0) is 9.59 Å². The van der Waals surface area contributed by atoms with Crippen molar-refractivity contribution in [1.82, 2.24) is 0 Å². The van der Waals surface area contributed by atoms with Crippen molar-refractivity contribution in [1.29, 1.82) is 0 Å². The zero-order chi connectivity index (χ0) is 21.8. The van der Waals surface area contributed by atoms with Crippen LogP contribution in [-0.4, -0.2) is 43.6 Å². The molecule has 4 rings (SSSR count). The highest BCUT2D eigenvalue weighted by Crippen LogP contribution is 2.56. The van der Waals surface area contributed by atoms with Crippen LogP contribution in [0.5, 0.6) is 0 Å². The second kappa shape index (κ2) is 6.65. The van der Waals surface area contributed by atoms with E-state index in [9.17, 15) is 30.0 Å². The number of aliphatic carboxylic acids is 2. The Morgan fingerprint density at radius 3 is 1.37 bits per heavy atom. The Morgan fingerprint density at radius 1 is 0.700 bits per heavy atom. The summed E-state index contributed by atoms with van der Waals surface area (Å²) in [5.41, 5.74) is -1.58. The van der Waals surface area contributed by atoms with Crippen molar-refractivity contribution in [2.45, 2.75) is 36.9 Å². The highest BCUT2D eigenvalue weighted by molar-refractivity contribution is 5.98. The molecule has 0 fully saturated rings. The van der Waals surface area contributed by atoms with E-state index < -0.39 is 35.0 Å². The Labute approximate surface area is 173 Å². The van der Waals surface area contributed by atoms with Crippen LogP contribution in [0.2, 0.25) is 0 Å². The van der Waals surface area contributed by atoms with Crippen molar-refractivity contribution in [2.24, 2.45) is 0 Å². The van der Waals surface area contributed by atoms with Crippen molar-refractivity contribution < 1.29 is 30.0 Å². The van der Waals surface area contributed by atoms with Crippen molar-refractivity contribution >= 4 is 24.1 Å². The summed E-state index contributed by atoms with van der Waals surface area (Å²) >= 11 is 0. The molecule has 2 aliphatic rings. The molecule has 0 aromatic heterocycles. The first-order valence-electron chi connectivity index (χ1n) is 9.60. The Kier molecular flexibility index (Phi) is 4.45. The SMILES string of the molecule is CC1(O)C(C(=O)O)=Cc2ccccc2C1C1c2ccccc2C=C(C(=O)O)C1(C)O. The first-order chi connectivity index (χ1) is 14.1. The summed E-state index contributed by atoms with van der Waals surface area (Å²) < 4.78 is 0. The summed E-state index contributed by atoms with van der Waals surface area (Å²) in [5, 5.41) is 42.6. The van der Waals surface area contributed by atoms with Gasteiger partial charge in [-0.2, -0.15) is 0 Å². The number of hydrogen-bond acceptors (Lipinski definition) is 4. The third-order valence-corrected chi connectivity index (χ3v) is 6.36. The van der Waals surface area contributed by atoms with E-state index in [1.54, 1.807) is 48.5 Å². The van der Waals surface area contributed by atoms with Gasteiger partial charge in [0.1, 0.15) is 11.2 Å². The minimum Gasteiger partial charge on any atom is -0.478 e. The average molecular weight is 406 g/mol. The number of carbonyl (C=O) groups is 2. The number of fused-ring (bicyclic) bond motifs is 2. The number of aliphatic hydroxyl groups is 2. The fourth-order valence-corrected chi connectivity index (χ4v) is 4.96. The second-order valence-corrected chi connectivity index (χ2v) is 8.23. The molecule has 0 aliphatic heterocycles. The van der Waals surface area contributed by atoms with Crippen molar-refractivity contribution in [3.63, 3.8) is 0 Å². The van der Waals surface area contributed by atoms with Crippen LogP contribution < -0.4 is 0 Å². The maximum atomic E-state index is 12.0. The summed E-state index contributed by atoms with van der Waals surface area (Å²) in [4.78, 5) is 24.0. The zero-order valence-corrected chi connectivity index (χ0v) is 16.5. The molecular formula is C24H22O6. The molecule has 2 aliphatic carbocycles. The van der Waals surface area contributed by atoms with Crippen LogP contribution in [0.25, 0.3) is 12.2 Å². The van der Waals surface area contributed by atoms with Crippen LogP contribution >= 0.6 is 0 Å². The number of rotatable bonds is 3. The van der Waals surface area contributed by atoms with E-state index >= 15 is 0 Å². The number of benzene rings is 2. The smallest absolute Gasteiger partial charge is 0.334 e. The molecule has 4 N–H and O–H groups in total. The maximum absolute atomic E-state index is 12.0. The molecule has 0 amide bonds. The van der Waals surface area contributed by atoms with Gasteiger partial charge in [0.25, 0.3) is 0 Å². The quantitative estimate of drug-likeness (QED) is 0.623. The lowest BCUT2D eigenvalue weighted by atomic mass is 9.58. The highest BCUT2D eigenvalue weighted by Gasteiger charge is 2.55. The third kappa shape index (κ3) is 2.80. The summed E-state index contributed by atoms with van der Waals surface area (Å²) in [6.07, 6.45) is 2.87. The summed E-state index contributed by atoms with van der Waals surface area (Å²) in [7, 11) is 0. The van der Waals surface area contributed by atoms with E-state index in [0.717, 1.165) is 0 Å². The molecule has 0 spiro atoms. The monoisotopic (exact) mass is 406 g/mol. The molecule has 6 heteroatoms. The molecule has 0 bridgehead atoms. The molecule has 0 saturated heterocycles. The van der Waals surface area contributed by atoms with Crippen molar-refractivity contribution in [2.75, 3.05) is 0 Å². The van der Waals surface area contributed by atoms with Crippen molar-refractivity contribution in [3.05, 3.63) is 81.9 Å². The van der Waals surface area contributed by atoms with Crippen LogP contribution in [0.1, 0.15) is 47.9 Å². The third-order valence-electron chi connectivity index (χ3n) is 6.36. The molecule has 6 nitrogen and oxygen atoms in total. The summed E-state index contributed by atoms with van der Waals surface area (Å²) in [6.45, 7) is 2.82. The van der Waals surface area contributed by atoms with Gasteiger partial charge >= 0.3 is 11.9 Å². The van der Waals surface area contributed by atoms with Gasteiger partial charge in [0.2, 0.25) is 0 Å². The lowest BCUT2D eigenvalue weighted by Gasteiger charge is -2.49. The molecule has 4 atom stereocenters. The van der Waals surface area contributed by atoms with E-state index in [1.807, 2.05) is 0 Å². The lowest BCUT2D eigenvalue weighted by molar-refractivity contribution is -0.138. The van der Waals surface area contributed by atoms with E-state index in [2.05, 4.69) is 0 Å². The molecule has 2 aromatic rings. The van der Waals surface area contributed by atoms with E-state index in [4.69, 9.17) is 0 Å². The predicted octanol–water partition coefficient (Wildman–Crippen LogP) is 3.02. The molecule has 0 radical (unpaired) electrons. The van der Waals surface area contributed by atoms with Crippen LogP contribution in [0.15, 0.2) is 59.7 Å². The minimum absolute atomic E-state index is 0.203. The van der Waals surface area contributed by atoms with Gasteiger partial charge in [-0.05, 0) is 48.3 Å². The van der Waals surface area contributed by atoms with E-state index in [1.165, 1.54) is 26.0 Å².